The average molecular weight is 337 g/mol. The van der Waals surface area contributed by atoms with Gasteiger partial charge in [0, 0.05) is 28.7 Å². The number of Topliss-reactive ketones (excluding diaryl/α,β-unsaturated/α-hetero) is 1. The summed E-state index contributed by atoms with van der Waals surface area (Å²) in [5, 5.41) is 0.464. The van der Waals surface area contributed by atoms with Gasteiger partial charge < -0.3 is 0 Å². The minimum atomic E-state index is 0.334. The second-order valence-electron chi connectivity index (χ2n) is 6.88. The molecule has 1 saturated heterocycles. The van der Waals surface area contributed by atoms with E-state index in [1.54, 1.807) is 0 Å². The number of rotatable bonds is 3. The molecule has 1 atom stereocenters. The summed E-state index contributed by atoms with van der Waals surface area (Å²) in [4.78, 5) is 16.2. The molecular weight excluding hydrogens is 314 g/mol. The van der Waals surface area contributed by atoms with Gasteiger partial charge in [0.25, 0.3) is 0 Å². The third kappa shape index (κ3) is 3.42. The molecule has 0 aliphatic carbocycles. The fourth-order valence-corrected chi connectivity index (χ4v) is 5.38. The van der Waals surface area contributed by atoms with Crippen LogP contribution in [-0.2, 0) is 6.54 Å². The van der Waals surface area contributed by atoms with E-state index in [4.69, 9.17) is 0 Å². The van der Waals surface area contributed by atoms with E-state index in [1.165, 1.54) is 23.3 Å². The standard InChI is InChI=1S/C21H23NOS/c23-19-14-21(24-20-9-5-4-8-18(19)20)17-10-12-22(13-11-17)15-16-6-2-1-3-7-16/h1-9,17,21H,10-15H2/t21-/m1/s1. The van der Waals surface area contributed by atoms with Gasteiger partial charge in [0.15, 0.2) is 5.78 Å². The second kappa shape index (κ2) is 7.12. The number of ketones is 1. The number of likely N-dealkylation sites (tertiary alicyclic amines) is 1. The molecule has 0 radical (unpaired) electrons. The van der Waals surface area contributed by atoms with Gasteiger partial charge in [-0.05, 0) is 43.5 Å². The van der Waals surface area contributed by atoms with Crippen molar-refractivity contribution in [3.8, 4) is 0 Å². The molecule has 2 aliphatic heterocycles. The first kappa shape index (κ1) is 15.9. The van der Waals surface area contributed by atoms with E-state index in [9.17, 15) is 4.79 Å². The summed E-state index contributed by atoms with van der Waals surface area (Å²) in [6, 6.07) is 18.8. The van der Waals surface area contributed by atoms with Crippen molar-refractivity contribution in [3.05, 3.63) is 65.7 Å². The summed E-state index contributed by atoms with van der Waals surface area (Å²) in [6.45, 7) is 3.34. The van der Waals surface area contributed by atoms with Crippen molar-refractivity contribution in [3.63, 3.8) is 0 Å². The Kier molecular flexibility index (Phi) is 4.72. The summed E-state index contributed by atoms with van der Waals surface area (Å²) < 4.78 is 0. The number of benzene rings is 2. The molecule has 0 aromatic heterocycles. The van der Waals surface area contributed by atoms with E-state index < -0.39 is 0 Å². The third-order valence-corrected chi connectivity index (χ3v) is 6.72. The lowest BCUT2D eigenvalue weighted by atomic mass is 9.89. The van der Waals surface area contributed by atoms with Crippen LogP contribution in [-0.4, -0.2) is 29.0 Å². The Balaban J connectivity index is 1.36. The maximum absolute atomic E-state index is 12.4. The Morgan fingerprint density at radius 3 is 2.46 bits per heavy atom. The van der Waals surface area contributed by atoms with Crippen LogP contribution in [0.2, 0.25) is 0 Å². The molecule has 2 aliphatic rings. The Labute approximate surface area is 148 Å². The molecule has 0 bridgehead atoms. The largest absolute Gasteiger partial charge is 0.299 e. The zero-order chi connectivity index (χ0) is 16.4. The first-order chi connectivity index (χ1) is 11.8. The molecular formula is C21H23NOS. The second-order valence-corrected chi connectivity index (χ2v) is 8.16. The average Bonchev–Trinajstić information content (AvgIpc) is 2.63. The van der Waals surface area contributed by atoms with Crippen LogP contribution in [0, 0.1) is 5.92 Å². The van der Waals surface area contributed by atoms with E-state index in [-0.39, 0.29) is 0 Å². The zero-order valence-corrected chi connectivity index (χ0v) is 14.7. The van der Waals surface area contributed by atoms with Gasteiger partial charge >= 0.3 is 0 Å². The molecule has 0 N–H and O–H groups in total. The van der Waals surface area contributed by atoms with E-state index in [0.29, 0.717) is 23.4 Å². The lowest BCUT2D eigenvalue weighted by Crippen LogP contribution is -2.37. The molecule has 3 heteroatoms. The van der Waals surface area contributed by atoms with Crippen LogP contribution in [0.1, 0.15) is 35.2 Å². The molecule has 0 spiro atoms. The van der Waals surface area contributed by atoms with Crippen LogP contribution >= 0.6 is 11.8 Å². The number of fused-ring (bicyclic) bond motifs is 1. The lowest BCUT2D eigenvalue weighted by Gasteiger charge is -2.37. The maximum atomic E-state index is 12.4. The van der Waals surface area contributed by atoms with Crippen molar-refractivity contribution in [1.82, 2.24) is 4.90 Å². The number of hydrogen-bond acceptors (Lipinski definition) is 3. The number of piperidine rings is 1. The smallest absolute Gasteiger partial charge is 0.165 e. The summed E-state index contributed by atoms with van der Waals surface area (Å²) >= 11 is 1.93. The van der Waals surface area contributed by atoms with Crippen molar-refractivity contribution >= 4 is 17.5 Å². The SMILES string of the molecule is O=C1C[C@H](C2CCN(Cc3ccccc3)CC2)Sc2ccccc21. The molecule has 2 heterocycles. The fraction of sp³-hybridized carbons (Fsp3) is 0.381. The summed E-state index contributed by atoms with van der Waals surface area (Å²) in [7, 11) is 0. The van der Waals surface area contributed by atoms with E-state index in [2.05, 4.69) is 41.3 Å². The molecule has 124 valence electrons. The number of hydrogen-bond donors (Lipinski definition) is 0. The van der Waals surface area contributed by atoms with Crippen molar-refractivity contribution < 1.29 is 4.79 Å². The first-order valence-corrected chi connectivity index (χ1v) is 9.73. The molecule has 0 unspecified atom stereocenters. The van der Waals surface area contributed by atoms with Gasteiger partial charge in [-0.25, -0.2) is 0 Å². The number of thioether (sulfide) groups is 1. The summed E-state index contributed by atoms with van der Waals surface area (Å²) in [5.74, 6) is 1.00. The Morgan fingerprint density at radius 1 is 0.958 bits per heavy atom. The molecule has 0 amide bonds. The van der Waals surface area contributed by atoms with Crippen LogP contribution in [0.15, 0.2) is 59.5 Å². The third-order valence-electron chi connectivity index (χ3n) is 5.26. The van der Waals surface area contributed by atoms with E-state index in [1.807, 2.05) is 30.0 Å². The highest BCUT2D eigenvalue weighted by Gasteiger charge is 2.33. The molecule has 1 fully saturated rings. The van der Waals surface area contributed by atoms with Gasteiger partial charge in [0.2, 0.25) is 0 Å². The topological polar surface area (TPSA) is 20.3 Å². The van der Waals surface area contributed by atoms with Crippen molar-refractivity contribution in [1.29, 1.82) is 0 Å². The summed E-state index contributed by atoms with van der Waals surface area (Å²) in [5.41, 5.74) is 2.33. The van der Waals surface area contributed by atoms with Crippen molar-refractivity contribution in [2.45, 2.75) is 36.0 Å². The van der Waals surface area contributed by atoms with Gasteiger partial charge in [0.05, 0.1) is 0 Å². The Hall–Kier alpha value is -1.58. The van der Waals surface area contributed by atoms with Gasteiger partial charge in [-0.1, -0.05) is 48.5 Å². The highest BCUT2D eigenvalue weighted by Crippen LogP contribution is 2.41. The van der Waals surface area contributed by atoms with Gasteiger partial charge in [-0.15, -0.1) is 11.8 Å². The number of carbonyl (C=O) groups is 1. The van der Waals surface area contributed by atoms with Crippen molar-refractivity contribution in [2.24, 2.45) is 5.92 Å². The predicted octanol–water partition coefficient (Wildman–Crippen LogP) is 4.65. The van der Waals surface area contributed by atoms with Crippen LogP contribution < -0.4 is 0 Å². The predicted molar refractivity (Wildman–Crippen MR) is 99.5 cm³/mol. The normalized spacial score (nSPS) is 22.3. The molecule has 24 heavy (non-hydrogen) atoms. The monoisotopic (exact) mass is 337 g/mol. The van der Waals surface area contributed by atoms with E-state index >= 15 is 0 Å². The minimum Gasteiger partial charge on any atom is -0.299 e. The summed E-state index contributed by atoms with van der Waals surface area (Å²) in [6.07, 6.45) is 3.13. The molecule has 4 rings (SSSR count). The number of nitrogens with zero attached hydrogens (tertiary/aromatic N) is 1. The van der Waals surface area contributed by atoms with Crippen LogP contribution in [0.4, 0.5) is 0 Å². The lowest BCUT2D eigenvalue weighted by molar-refractivity contribution is 0.0959. The van der Waals surface area contributed by atoms with Crippen LogP contribution in [0.25, 0.3) is 0 Å². The molecule has 2 aromatic rings. The number of carbonyl (C=O) groups excluding carboxylic acids is 1. The molecule has 0 saturated carbocycles. The van der Waals surface area contributed by atoms with Crippen LogP contribution in [0.3, 0.4) is 0 Å². The zero-order valence-electron chi connectivity index (χ0n) is 13.9. The Morgan fingerprint density at radius 2 is 1.67 bits per heavy atom. The molecule has 2 aromatic carbocycles. The fourth-order valence-electron chi connectivity index (χ4n) is 3.88. The highest BCUT2D eigenvalue weighted by molar-refractivity contribution is 8.00. The minimum absolute atomic E-state index is 0.334. The van der Waals surface area contributed by atoms with E-state index in [0.717, 1.165) is 25.2 Å². The highest BCUT2D eigenvalue weighted by atomic mass is 32.2. The van der Waals surface area contributed by atoms with Crippen molar-refractivity contribution in [2.75, 3.05) is 13.1 Å². The maximum Gasteiger partial charge on any atom is 0.165 e. The molecule has 2 nitrogen and oxygen atoms in total. The van der Waals surface area contributed by atoms with Gasteiger partial charge in [-0.2, -0.15) is 0 Å². The quantitative estimate of drug-likeness (QED) is 0.813. The van der Waals surface area contributed by atoms with Gasteiger partial charge in [-0.3, -0.25) is 9.69 Å². The van der Waals surface area contributed by atoms with Gasteiger partial charge in [0.1, 0.15) is 0 Å². The first-order valence-electron chi connectivity index (χ1n) is 8.85. The Bertz CT molecular complexity index is 707. The van der Waals surface area contributed by atoms with Crippen LogP contribution in [0.5, 0.6) is 0 Å².